The normalized spacial score (nSPS) is 25.7. The molecular formula is C15H28N2O2S. The molecule has 2 aliphatic rings. The fraction of sp³-hybridized carbons (Fsp3) is 0.933. The fourth-order valence-electron chi connectivity index (χ4n) is 3.14. The Bertz CT molecular complexity index is 296. The molecule has 1 unspecified atom stereocenters. The van der Waals surface area contributed by atoms with Crippen LogP contribution >= 0.6 is 11.8 Å². The van der Waals surface area contributed by atoms with E-state index in [1.807, 2.05) is 0 Å². The van der Waals surface area contributed by atoms with Crippen molar-refractivity contribution in [1.82, 2.24) is 9.80 Å². The maximum Gasteiger partial charge on any atom is 0.304 e. The van der Waals surface area contributed by atoms with Crippen molar-refractivity contribution >= 4 is 17.7 Å². The zero-order valence-corrected chi connectivity index (χ0v) is 13.2. The van der Waals surface area contributed by atoms with Crippen LogP contribution in [0.4, 0.5) is 0 Å². The van der Waals surface area contributed by atoms with E-state index in [1.165, 1.54) is 57.5 Å². The van der Waals surface area contributed by atoms with Gasteiger partial charge >= 0.3 is 5.97 Å². The van der Waals surface area contributed by atoms with E-state index in [4.69, 9.17) is 5.11 Å². The number of aliphatic carboxylic acids is 1. The van der Waals surface area contributed by atoms with Crippen molar-refractivity contribution in [3.63, 3.8) is 0 Å². The molecule has 2 rings (SSSR count). The molecule has 0 aliphatic carbocycles. The number of nitrogens with zero attached hydrogens (tertiary/aromatic N) is 2. The molecule has 0 aromatic rings. The maximum absolute atomic E-state index is 10.6. The van der Waals surface area contributed by atoms with Crippen LogP contribution in [0.2, 0.25) is 0 Å². The van der Waals surface area contributed by atoms with Gasteiger partial charge in [-0.2, -0.15) is 11.8 Å². The van der Waals surface area contributed by atoms with Gasteiger partial charge in [-0.05, 0) is 45.3 Å². The highest BCUT2D eigenvalue weighted by Crippen LogP contribution is 2.23. The number of thioether (sulfide) groups is 1. The maximum atomic E-state index is 10.6. The van der Waals surface area contributed by atoms with Crippen molar-refractivity contribution in [1.29, 1.82) is 0 Å². The summed E-state index contributed by atoms with van der Waals surface area (Å²) in [6.45, 7) is 6.69. The van der Waals surface area contributed by atoms with Gasteiger partial charge in [-0.25, -0.2) is 0 Å². The highest BCUT2D eigenvalue weighted by Gasteiger charge is 2.20. The number of rotatable bonds is 7. The van der Waals surface area contributed by atoms with Crippen LogP contribution in [-0.4, -0.2) is 71.1 Å². The molecule has 0 aromatic heterocycles. The van der Waals surface area contributed by atoms with Crippen LogP contribution < -0.4 is 0 Å². The Labute approximate surface area is 126 Å². The van der Waals surface area contributed by atoms with E-state index in [2.05, 4.69) is 21.6 Å². The zero-order chi connectivity index (χ0) is 14.2. The van der Waals surface area contributed by atoms with Crippen LogP contribution in [0.25, 0.3) is 0 Å². The Kier molecular flexibility index (Phi) is 7.17. The van der Waals surface area contributed by atoms with Crippen molar-refractivity contribution in [2.75, 3.05) is 45.0 Å². The number of hydrogen-bond donors (Lipinski definition) is 1. The van der Waals surface area contributed by atoms with Crippen molar-refractivity contribution < 1.29 is 9.90 Å². The van der Waals surface area contributed by atoms with Crippen LogP contribution in [0.3, 0.4) is 0 Å². The summed E-state index contributed by atoms with van der Waals surface area (Å²) in [5.41, 5.74) is 0. The first kappa shape index (κ1) is 16.1. The first-order valence-corrected chi connectivity index (χ1v) is 9.07. The first-order chi connectivity index (χ1) is 9.74. The van der Waals surface area contributed by atoms with Crippen molar-refractivity contribution in [2.24, 2.45) is 0 Å². The van der Waals surface area contributed by atoms with E-state index >= 15 is 0 Å². The average molecular weight is 300 g/mol. The van der Waals surface area contributed by atoms with Crippen molar-refractivity contribution in [2.45, 2.75) is 43.8 Å². The molecule has 0 radical (unpaired) electrons. The molecule has 0 spiro atoms. The highest BCUT2D eigenvalue weighted by molar-refractivity contribution is 7.99. The molecule has 116 valence electrons. The molecule has 0 aromatic carbocycles. The number of piperidine rings is 2. The number of carboxylic acid groups (broad SMARTS) is 1. The third-order valence-electron chi connectivity index (χ3n) is 4.31. The van der Waals surface area contributed by atoms with Crippen LogP contribution in [0.1, 0.15) is 38.5 Å². The average Bonchev–Trinajstić information content (AvgIpc) is 2.47. The van der Waals surface area contributed by atoms with Gasteiger partial charge in [0.05, 0.1) is 6.42 Å². The van der Waals surface area contributed by atoms with E-state index in [-0.39, 0.29) is 6.42 Å². The van der Waals surface area contributed by atoms with Gasteiger partial charge in [-0.15, -0.1) is 0 Å². The van der Waals surface area contributed by atoms with E-state index in [9.17, 15) is 4.79 Å². The largest absolute Gasteiger partial charge is 0.481 e. The lowest BCUT2D eigenvalue weighted by Crippen LogP contribution is -2.39. The number of carbonyl (C=O) groups is 1. The molecule has 2 aliphatic heterocycles. The molecule has 4 nitrogen and oxygen atoms in total. The smallest absolute Gasteiger partial charge is 0.304 e. The molecular weight excluding hydrogens is 272 g/mol. The van der Waals surface area contributed by atoms with Crippen molar-refractivity contribution in [3.05, 3.63) is 0 Å². The number of likely N-dealkylation sites (tertiary alicyclic amines) is 2. The lowest BCUT2D eigenvalue weighted by molar-refractivity contribution is -0.137. The summed E-state index contributed by atoms with van der Waals surface area (Å²) in [7, 11) is 0. The Hall–Kier alpha value is -0.260. The third kappa shape index (κ3) is 6.02. The van der Waals surface area contributed by atoms with Gasteiger partial charge in [0.25, 0.3) is 0 Å². The minimum Gasteiger partial charge on any atom is -0.481 e. The molecule has 2 heterocycles. The Morgan fingerprint density at radius 1 is 1.05 bits per heavy atom. The van der Waals surface area contributed by atoms with E-state index in [1.54, 1.807) is 0 Å². The van der Waals surface area contributed by atoms with Crippen LogP contribution in [0.5, 0.6) is 0 Å². The zero-order valence-electron chi connectivity index (χ0n) is 12.4. The summed E-state index contributed by atoms with van der Waals surface area (Å²) in [6.07, 6.45) is 6.96. The van der Waals surface area contributed by atoms with Gasteiger partial charge in [0.1, 0.15) is 0 Å². The predicted octanol–water partition coefficient (Wildman–Crippen LogP) is 2.14. The summed E-state index contributed by atoms with van der Waals surface area (Å²) in [4.78, 5) is 15.6. The summed E-state index contributed by atoms with van der Waals surface area (Å²) in [5.74, 6) is 0.558. The fourth-order valence-corrected chi connectivity index (χ4v) is 4.48. The lowest BCUT2D eigenvalue weighted by Gasteiger charge is -2.33. The van der Waals surface area contributed by atoms with Crippen LogP contribution in [0, 0.1) is 0 Å². The molecule has 1 N–H and O–H groups in total. The molecule has 0 bridgehead atoms. The predicted molar refractivity (Wildman–Crippen MR) is 84.5 cm³/mol. The van der Waals surface area contributed by atoms with E-state index in [0.29, 0.717) is 5.25 Å². The Morgan fingerprint density at radius 3 is 2.55 bits per heavy atom. The first-order valence-electron chi connectivity index (χ1n) is 8.02. The second kappa shape index (κ2) is 8.90. The second-order valence-electron chi connectivity index (χ2n) is 5.98. The molecule has 20 heavy (non-hydrogen) atoms. The molecule has 2 fully saturated rings. The monoisotopic (exact) mass is 300 g/mol. The molecule has 5 heteroatoms. The summed E-state index contributed by atoms with van der Waals surface area (Å²) < 4.78 is 0. The van der Waals surface area contributed by atoms with Crippen LogP contribution in [-0.2, 0) is 4.79 Å². The minimum atomic E-state index is -0.676. The van der Waals surface area contributed by atoms with Gasteiger partial charge in [-0.1, -0.05) is 6.42 Å². The number of hydrogen-bond acceptors (Lipinski definition) is 4. The van der Waals surface area contributed by atoms with Gasteiger partial charge in [0.15, 0.2) is 0 Å². The SMILES string of the molecule is O=C(O)CCN1CCCC(SCCN2CCCCC2)C1. The third-order valence-corrected chi connectivity index (χ3v) is 5.59. The quantitative estimate of drug-likeness (QED) is 0.780. The molecule has 1 atom stereocenters. The molecule has 2 saturated heterocycles. The topological polar surface area (TPSA) is 43.8 Å². The van der Waals surface area contributed by atoms with Gasteiger partial charge in [0, 0.05) is 30.6 Å². The highest BCUT2D eigenvalue weighted by atomic mass is 32.2. The van der Waals surface area contributed by atoms with Gasteiger partial charge in [0.2, 0.25) is 0 Å². The molecule has 0 saturated carbocycles. The van der Waals surface area contributed by atoms with Gasteiger partial charge < -0.3 is 14.9 Å². The minimum absolute atomic E-state index is 0.283. The summed E-state index contributed by atoms with van der Waals surface area (Å²) >= 11 is 2.10. The Balaban J connectivity index is 1.58. The standard InChI is InChI=1S/C15H28N2O2S/c18-15(19)6-10-17-9-4-5-14(13-17)20-12-11-16-7-2-1-3-8-16/h14H,1-13H2,(H,18,19). The molecule has 0 amide bonds. The second-order valence-corrected chi connectivity index (χ2v) is 7.39. The van der Waals surface area contributed by atoms with Crippen molar-refractivity contribution in [3.8, 4) is 0 Å². The summed E-state index contributed by atoms with van der Waals surface area (Å²) in [6, 6.07) is 0. The van der Waals surface area contributed by atoms with Gasteiger partial charge in [-0.3, -0.25) is 4.79 Å². The summed E-state index contributed by atoms with van der Waals surface area (Å²) in [5, 5.41) is 9.47. The van der Waals surface area contributed by atoms with E-state index < -0.39 is 5.97 Å². The number of carboxylic acids is 1. The lowest BCUT2D eigenvalue weighted by atomic mass is 10.1. The van der Waals surface area contributed by atoms with E-state index in [0.717, 1.165) is 19.6 Å². The van der Waals surface area contributed by atoms with Crippen LogP contribution in [0.15, 0.2) is 0 Å². The Morgan fingerprint density at radius 2 is 1.80 bits per heavy atom.